The number of benzene rings is 1. The number of halogens is 3. The van der Waals surface area contributed by atoms with Crippen molar-refractivity contribution >= 4 is 11.0 Å². The molecule has 18 heavy (non-hydrogen) atoms. The summed E-state index contributed by atoms with van der Waals surface area (Å²) in [6.07, 6.45) is -4.54. The molecule has 0 amide bonds. The lowest BCUT2D eigenvalue weighted by molar-refractivity contribution is -0.136. The third kappa shape index (κ3) is 2.81. The van der Waals surface area contributed by atoms with Gasteiger partial charge in [0.2, 0.25) is 0 Å². The Balaban J connectivity index is 2.35. The van der Waals surface area contributed by atoms with Crippen molar-refractivity contribution in [2.75, 3.05) is 6.54 Å². The van der Waals surface area contributed by atoms with Gasteiger partial charge in [0.1, 0.15) is 5.82 Å². The Morgan fingerprint density at radius 1 is 1.22 bits per heavy atom. The average molecular weight is 257 g/mol. The lowest BCUT2D eigenvalue weighted by Crippen LogP contribution is -2.15. The molecular weight excluding hydrogens is 243 g/mol. The fraction of sp³-hybridized carbons (Fsp3) is 0.417. The maximum Gasteiger partial charge on any atom is 0.390 e. The number of nitrogens with two attached hydrogens (primary N) is 1. The van der Waals surface area contributed by atoms with E-state index in [0.717, 1.165) is 5.52 Å². The molecule has 0 unspecified atom stereocenters. The van der Waals surface area contributed by atoms with Gasteiger partial charge in [0.05, 0.1) is 17.5 Å². The number of para-hydroxylation sites is 2. The molecule has 3 nitrogen and oxygen atoms in total. The zero-order valence-corrected chi connectivity index (χ0v) is 9.74. The highest BCUT2D eigenvalue weighted by Gasteiger charge is 2.27. The fourth-order valence-corrected chi connectivity index (χ4v) is 1.93. The first kappa shape index (κ1) is 12.9. The Morgan fingerprint density at radius 3 is 2.61 bits per heavy atom. The van der Waals surface area contributed by atoms with E-state index in [1.807, 2.05) is 6.07 Å². The van der Waals surface area contributed by atoms with Gasteiger partial charge in [0, 0.05) is 13.0 Å². The van der Waals surface area contributed by atoms with Crippen LogP contribution in [0.25, 0.3) is 11.0 Å². The van der Waals surface area contributed by atoms with Crippen LogP contribution < -0.4 is 5.73 Å². The molecule has 0 aliphatic carbocycles. The number of alkyl halides is 3. The van der Waals surface area contributed by atoms with E-state index in [1.54, 1.807) is 22.8 Å². The predicted molar refractivity (Wildman–Crippen MR) is 63.2 cm³/mol. The summed E-state index contributed by atoms with van der Waals surface area (Å²) in [5.74, 6) is 0.614. The van der Waals surface area contributed by atoms with Crippen molar-refractivity contribution in [2.45, 2.75) is 25.6 Å². The molecule has 2 aromatic rings. The lowest BCUT2D eigenvalue weighted by atomic mass is 10.3. The molecule has 1 heterocycles. The summed E-state index contributed by atoms with van der Waals surface area (Å²) in [7, 11) is 0. The lowest BCUT2D eigenvalue weighted by Gasteiger charge is -2.10. The molecule has 0 fully saturated rings. The first-order chi connectivity index (χ1) is 8.51. The third-order valence-corrected chi connectivity index (χ3v) is 2.72. The minimum absolute atomic E-state index is 0.112. The van der Waals surface area contributed by atoms with Crippen LogP contribution in [-0.2, 0) is 13.0 Å². The maximum absolute atomic E-state index is 12.3. The average Bonchev–Trinajstić information content (AvgIpc) is 2.63. The van der Waals surface area contributed by atoms with Crippen LogP contribution in [0.1, 0.15) is 12.2 Å². The van der Waals surface area contributed by atoms with E-state index in [1.165, 1.54) is 0 Å². The standard InChI is InChI=1S/C12H14F3N3/c13-12(14,15)6-8-18-10-4-2-1-3-9(10)17-11(18)5-7-16/h1-4H,5-8,16H2. The van der Waals surface area contributed by atoms with Crippen LogP contribution in [0, 0.1) is 0 Å². The van der Waals surface area contributed by atoms with E-state index < -0.39 is 12.6 Å². The molecule has 0 aliphatic heterocycles. The zero-order valence-electron chi connectivity index (χ0n) is 9.74. The molecule has 0 aliphatic rings. The van der Waals surface area contributed by atoms with Gasteiger partial charge in [-0.25, -0.2) is 4.98 Å². The quantitative estimate of drug-likeness (QED) is 0.914. The number of imidazole rings is 1. The second kappa shape index (κ2) is 4.97. The van der Waals surface area contributed by atoms with E-state index >= 15 is 0 Å². The number of aromatic nitrogens is 2. The monoisotopic (exact) mass is 257 g/mol. The van der Waals surface area contributed by atoms with Gasteiger partial charge in [-0.1, -0.05) is 12.1 Å². The zero-order chi connectivity index (χ0) is 13.2. The van der Waals surface area contributed by atoms with Gasteiger partial charge in [0.15, 0.2) is 0 Å². The van der Waals surface area contributed by atoms with Crippen LogP contribution in [0.5, 0.6) is 0 Å². The van der Waals surface area contributed by atoms with Crippen molar-refractivity contribution in [3.05, 3.63) is 30.1 Å². The number of hydrogen-bond acceptors (Lipinski definition) is 2. The minimum Gasteiger partial charge on any atom is -0.330 e. The van der Waals surface area contributed by atoms with Gasteiger partial charge in [0.25, 0.3) is 0 Å². The fourth-order valence-electron chi connectivity index (χ4n) is 1.93. The molecule has 2 N–H and O–H groups in total. The van der Waals surface area contributed by atoms with Crippen molar-refractivity contribution in [1.82, 2.24) is 9.55 Å². The SMILES string of the molecule is NCCc1nc2ccccc2n1CCC(F)(F)F. The van der Waals surface area contributed by atoms with Crippen LogP contribution in [0.3, 0.4) is 0 Å². The van der Waals surface area contributed by atoms with E-state index in [-0.39, 0.29) is 6.54 Å². The van der Waals surface area contributed by atoms with Gasteiger partial charge in [-0.05, 0) is 18.7 Å². The Bertz CT molecular complexity index is 531. The first-order valence-electron chi connectivity index (χ1n) is 5.72. The summed E-state index contributed by atoms with van der Waals surface area (Å²) in [5, 5.41) is 0. The van der Waals surface area contributed by atoms with Gasteiger partial charge in [-0.2, -0.15) is 13.2 Å². The molecule has 0 radical (unpaired) electrons. The van der Waals surface area contributed by atoms with E-state index in [4.69, 9.17) is 5.73 Å². The van der Waals surface area contributed by atoms with Crippen molar-refractivity contribution in [2.24, 2.45) is 5.73 Å². The largest absolute Gasteiger partial charge is 0.390 e. The number of nitrogens with zero attached hydrogens (tertiary/aromatic N) is 2. The van der Waals surface area contributed by atoms with E-state index in [2.05, 4.69) is 4.98 Å². The van der Waals surface area contributed by atoms with E-state index in [9.17, 15) is 13.2 Å². The van der Waals surface area contributed by atoms with E-state index in [0.29, 0.717) is 24.3 Å². The maximum atomic E-state index is 12.3. The predicted octanol–water partition coefficient (Wildman–Crippen LogP) is 2.49. The molecule has 0 spiro atoms. The summed E-state index contributed by atoms with van der Waals surface area (Å²) < 4.78 is 38.5. The molecule has 0 bridgehead atoms. The highest BCUT2D eigenvalue weighted by Crippen LogP contribution is 2.23. The summed E-state index contributed by atoms with van der Waals surface area (Å²) in [4.78, 5) is 4.32. The Morgan fingerprint density at radius 2 is 1.94 bits per heavy atom. The molecule has 0 atom stereocenters. The normalized spacial score (nSPS) is 12.2. The summed E-state index contributed by atoms with van der Waals surface area (Å²) in [6, 6.07) is 7.17. The molecule has 2 rings (SSSR count). The van der Waals surface area contributed by atoms with Crippen LogP contribution >= 0.6 is 0 Å². The Hall–Kier alpha value is -1.56. The summed E-state index contributed by atoms with van der Waals surface area (Å²) in [6.45, 7) is 0.259. The van der Waals surface area contributed by atoms with Crippen LogP contribution in [0.2, 0.25) is 0 Å². The second-order valence-corrected chi connectivity index (χ2v) is 4.07. The second-order valence-electron chi connectivity index (χ2n) is 4.07. The highest BCUT2D eigenvalue weighted by molar-refractivity contribution is 5.75. The molecule has 6 heteroatoms. The number of aryl methyl sites for hydroxylation is 1. The van der Waals surface area contributed by atoms with Crippen LogP contribution in [-0.4, -0.2) is 22.3 Å². The number of rotatable bonds is 4. The smallest absolute Gasteiger partial charge is 0.330 e. The minimum atomic E-state index is -4.16. The molecular formula is C12H14F3N3. The highest BCUT2D eigenvalue weighted by atomic mass is 19.4. The van der Waals surface area contributed by atoms with Gasteiger partial charge in [-0.15, -0.1) is 0 Å². The Labute approximate surface area is 102 Å². The number of hydrogen-bond donors (Lipinski definition) is 1. The van der Waals surface area contributed by atoms with Crippen molar-refractivity contribution in [3.63, 3.8) is 0 Å². The third-order valence-electron chi connectivity index (χ3n) is 2.72. The number of fused-ring (bicyclic) bond motifs is 1. The Kier molecular flexibility index (Phi) is 3.56. The topological polar surface area (TPSA) is 43.8 Å². The van der Waals surface area contributed by atoms with Gasteiger partial charge in [-0.3, -0.25) is 0 Å². The van der Waals surface area contributed by atoms with Gasteiger partial charge < -0.3 is 10.3 Å². The molecule has 98 valence electrons. The molecule has 0 saturated carbocycles. The van der Waals surface area contributed by atoms with Crippen molar-refractivity contribution < 1.29 is 13.2 Å². The molecule has 1 aromatic carbocycles. The molecule has 0 saturated heterocycles. The summed E-state index contributed by atoms with van der Waals surface area (Å²) >= 11 is 0. The first-order valence-corrected chi connectivity index (χ1v) is 5.72. The van der Waals surface area contributed by atoms with Gasteiger partial charge >= 0.3 is 6.18 Å². The van der Waals surface area contributed by atoms with Crippen LogP contribution in [0.4, 0.5) is 13.2 Å². The van der Waals surface area contributed by atoms with Crippen molar-refractivity contribution in [1.29, 1.82) is 0 Å². The summed E-state index contributed by atoms with van der Waals surface area (Å²) in [5.41, 5.74) is 6.90. The van der Waals surface area contributed by atoms with Crippen LogP contribution in [0.15, 0.2) is 24.3 Å². The van der Waals surface area contributed by atoms with Crippen molar-refractivity contribution in [3.8, 4) is 0 Å². The molecule has 1 aromatic heterocycles.